The minimum Gasteiger partial charge on any atom is -0.506 e. The molecule has 0 fully saturated rings. The van der Waals surface area contributed by atoms with E-state index in [0.717, 1.165) is 10.9 Å². The zero-order valence-corrected chi connectivity index (χ0v) is 16.2. The van der Waals surface area contributed by atoms with E-state index in [0.29, 0.717) is 10.2 Å². The first kappa shape index (κ1) is 19.4. The van der Waals surface area contributed by atoms with Gasteiger partial charge in [0.1, 0.15) is 22.9 Å². The number of aromatic hydroxyl groups is 1. The van der Waals surface area contributed by atoms with E-state index in [1.165, 1.54) is 18.4 Å². The summed E-state index contributed by atoms with van der Waals surface area (Å²) in [5, 5.41) is 19.1. The summed E-state index contributed by atoms with van der Waals surface area (Å²) in [4.78, 5) is 12.7. The number of nitrogens with one attached hydrogen (secondary N) is 2. The first-order valence-corrected chi connectivity index (χ1v) is 9.27. The fourth-order valence-electron chi connectivity index (χ4n) is 3.20. The molecule has 0 aliphatic carbocycles. The first-order valence-electron chi connectivity index (χ1n) is 8.48. The van der Waals surface area contributed by atoms with E-state index in [2.05, 4.69) is 31.7 Å². The zero-order chi connectivity index (χ0) is 20.8. The van der Waals surface area contributed by atoms with Gasteiger partial charge in [0.15, 0.2) is 6.04 Å². The van der Waals surface area contributed by atoms with Crippen LogP contribution in [0, 0.1) is 0 Å². The number of anilines is 2. The third-order valence-corrected chi connectivity index (χ3v) is 5.07. The maximum Gasteiger partial charge on any atom is 0.410 e. The molecular weight excluding hydrogens is 457 g/mol. The van der Waals surface area contributed by atoms with Crippen LogP contribution in [-0.4, -0.2) is 27.0 Å². The van der Waals surface area contributed by atoms with Gasteiger partial charge in [-0.25, -0.2) is 4.68 Å². The minimum atomic E-state index is -4.57. The van der Waals surface area contributed by atoms with Gasteiger partial charge >= 0.3 is 6.18 Å². The highest BCUT2D eigenvalue weighted by molar-refractivity contribution is 9.10. The Hall–Kier alpha value is -2.95. The van der Waals surface area contributed by atoms with Crippen molar-refractivity contribution >= 4 is 33.3 Å². The predicted octanol–water partition coefficient (Wildman–Crippen LogP) is 4.86. The smallest absolute Gasteiger partial charge is 0.410 e. The van der Waals surface area contributed by atoms with E-state index < -0.39 is 24.2 Å². The van der Waals surface area contributed by atoms with Crippen molar-refractivity contribution in [3.63, 3.8) is 0 Å². The van der Waals surface area contributed by atoms with Crippen molar-refractivity contribution in [2.45, 2.75) is 24.7 Å². The molecule has 152 valence electrons. The summed E-state index contributed by atoms with van der Waals surface area (Å²) >= 11 is 3.23. The number of benzene rings is 1. The summed E-state index contributed by atoms with van der Waals surface area (Å²) in [5.74, 6) is -0.653. The van der Waals surface area contributed by atoms with Crippen molar-refractivity contribution < 1.29 is 27.5 Å². The Morgan fingerprint density at radius 3 is 2.86 bits per heavy atom. The highest BCUT2D eigenvalue weighted by atomic mass is 79.9. The molecule has 0 spiro atoms. The number of aromatic nitrogens is 2. The standard InChI is InChI=1S/C18H14BrF3N4O3/c19-9-3-4-13(27)11(6-9)25-17(28)10-8-23-26-15(18(20,21)22)7-12(24-16(10)26)14-2-1-5-29-14/h1-6,8,12,15,24,27H,7H2,(H,25,28)/t12-,15-/m1/s1. The van der Waals surface area contributed by atoms with Crippen molar-refractivity contribution in [1.82, 2.24) is 9.78 Å². The third-order valence-electron chi connectivity index (χ3n) is 4.58. The lowest BCUT2D eigenvalue weighted by atomic mass is 10.0. The number of phenols is 1. The molecule has 0 radical (unpaired) electrons. The summed E-state index contributed by atoms with van der Waals surface area (Å²) in [6, 6.07) is 4.86. The summed E-state index contributed by atoms with van der Waals surface area (Å²) < 4.78 is 47.5. The second kappa shape index (κ2) is 7.14. The van der Waals surface area contributed by atoms with Crippen LogP contribution >= 0.6 is 15.9 Å². The summed E-state index contributed by atoms with van der Waals surface area (Å²) in [7, 11) is 0. The molecular formula is C18H14BrF3N4O3. The van der Waals surface area contributed by atoms with Crippen LogP contribution in [0.4, 0.5) is 24.7 Å². The van der Waals surface area contributed by atoms with Crippen LogP contribution in [0.3, 0.4) is 0 Å². The Bertz CT molecular complexity index is 1050. The maximum atomic E-state index is 13.6. The Morgan fingerprint density at radius 1 is 1.38 bits per heavy atom. The van der Waals surface area contributed by atoms with Crippen molar-refractivity contribution in [1.29, 1.82) is 0 Å². The van der Waals surface area contributed by atoms with Crippen LogP contribution in [0.5, 0.6) is 5.75 Å². The number of alkyl halides is 3. The number of hydrogen-bond acceptors (Lipinski definition) is 5. The molecule has 1 aliphatic heterocycles. The fourth-order valence-corrected chi connectivity index (χ4v) is 3.56. The van der Waals surface area contributed by atoms with Gasteiger partial charge in [-0.1, -0.05) is 15.9 Å². The second-order valence-electron chi connectivity index (χ2n) is 6.47. The highest BCUT2D eigenvalue weighted by Crippen LogP contribution is 2.44. The Labute approximate surface area is 170 Å². The number of carbonyl (C=O) groups excluding carboxylic acids is 1. The number of phenolic OH excluding ortho intramolecular Hbond substituents is 1. The van der Waals surface area contributed by atoms with Gasteiger partial charge in [0.05, 0.1) is 24.2 Å². The predicted molar refractivity (Wildman–Crippen MR) is 101 cm³/mol. The van der Waals surface area contributed by atoms with Crippen molar-refractivity contribution in [3.8, 4) is 5.75 Å². The molecule has 7 nitrogen and oxygen atoms in total. The topological polar surface area (TPSA) is 92.3 Å². The molecule has 2 atom stereocenters. The van der Waals surface area contributed by atoms with E-state index in [1.54, 1.807) is 18.2 Å². The third kappa shape index (κ3) is 3.69. The lowest BCUT2D eigenvalue weighted by Crippen LogP contribution is -2.36. The molecule has 4 rings (SSSR count). The Morgan fingerprint density at radius 2 is 2.17 bits per heavy atom. The van der Waals surface area contributed by atoms with Gasteiger partial charge in [0.2, 0.25) is 0 Å². The van der Waals surface area contributed by atoms with E-state index in [-0.39, 0.29) is 29.2 Å². The molecule has 1 amide bonds. The van der Waals surface area contributed by atoms with Gasteiger partial charge in [-0.15, -0.1) is 0 Å². The SMILES string of the molecule is O=C(Nc1cc(Br)ccc1O)c1cnn2c1N[C@@H](c1ccco1)C[C@@H]2C(F)(F)F. The number of halogens is 4. The Kier molecular flexibility index (Phi) is 4.77. The minimum absolute atomic E-state index is 0.0769. The quantitative estimate of drug-likeness (QED) is 0.475. The largest absolute Gasteiger partial charge is 0.506 e. The number of rotatable bonds is 3. The average molecular weight is 471 g/mol. The van der Waals surface area contributed by atoms with Crippen molar-refractivity contribution in [2.24, 2.45) is 0 Å². The molecule has 1 aromatic carbocycles. The fraction of sp³-hybridized carbons (Fsp3) is 0.222. The number of hydrogen-bond donors (Lipinski definition) is 3. The summed E-state index contributed by atoms with van der Waals surface area (Å²) in [6.07, 6.45) is -2.46. The average Bonchev–Trinajstić information content (AvgIpc) is 3.32. The van der Waals surface area contributed by atoms with Gasteiger partial charge in [0, 0.05) is 10.9 Å². The van der Waals surface area contributed by atoms with Gasteiger partial charge in [-0.3, -0.25) is 4.79 Å². The van der Waals surface area contributed by atoms with Crippen molar-refractivity contribution in [3.05, 3.63) is 58.6 Å². The van der Waals surface area contributed by atoms with Crippen LogP contribution in [0.1, 0.15) is 34.6 Å². The molecule has 0 saturated carbocycles. The van der Waals surface area contributed by atoms with Crippen LogP contribution in [-0.2, 0) is 0 Å². The van der Waals surface area contributed by atoms with Crippen LogP contribution in [0.2, 0.25) is 0 Å². The van der Waals surface area contributed by atoms with Crippen LogP contribution < -0.4 is 10.6 Å². The van der Waals surface area contributed by atoms with Crippen LogP contribution in [0.15, 0.2) is 51.7 Å². The number of furan rings is 1. The van der Waals surface area contributed by atoms with Gasteiger partial charge in [-0.05, 0) is 30.3 Å². The molecule has 3 heterocycles. The van der Waals surface area contributed by atoms with Gasteiger partial charge in [-0.2, -0.15) is 18.3 Å². The normalized spacial score (nSPS) is 18.8. The maximum absolute atomic E-state index is 13.6. The van der Waals surface area contributed by atoms with E-state index in [9.17, 15) is 23.1 Å². The molecule has 11 heteroatoms. The van der Waals surface area contributed by atoms with Crippen molar-refractivity contribution in [2.75, 3.05) is 10.6 Å². The van der Waals surface area contributed by atoms with Gasteiger partial charge < -0.3 is 20.2 Å². The number of nitrogens with zero attached hydrogens (tertiary/aromatic N) is 2. The highest BCUT2D eigenvalue weighted by Gasteiger charge is 2.47. The van der Waals surface area contributed by atoms with E-state index in [1.807, 2.05) is 0 Å². The molecule has 29 heavy (non-hydrogen) atoms. The molecule has 0 unspecified atom stereocenters. The molecule has 3 N–H and O–H groups in total. The summed E-state index contributed by atoms with van der Waals surface area (Å²) in [6.45, 7) is 0. The molecule has 2 aromatic heterocycles. The molecule has 0 bridgehead atoms. The first-order chi connectivity index (χ1) is 13.7. The van der Waals surface area contributed by atoms with Crippen LogP contribution in [0.25, 0.3) is 0 Å². The number of fused-ring (bicyclic) bond motifs is 1. The number of carbonyl (C=O) groups is 1. The lowest BCUT2D eigenvalue weighted by Gasteiger charge is -2.32. The zero-order valence-electron chi connectivity index (χ0n) is 14.6. The number of amides is 1. The van der Waals surface area contributed by atoms with E-state index in [4.69, 9.17) is 4.42 Å². The summed E-state index contributed by atoms with van der Waals surface area (Å²) in [5.41, 5.74) is 0.0185. The Balaban J connectivity index is 1.70. The van der Waals surface area contributed by atoms with E-state index >= 15 is 0 Å². The molecule has 3 aromatic rings. The monoisotopic (exact) mass is 470 g/mol. The molecule has 1 aliphatic rings. The van der Waals surface area contributed by atoms with Gasteiger partial charge in [0.25, 0.3) is 5.91 Å². The second-order valence-corrected chi connectivity index (χ2v) is 7.39. The lowest BCUT2D eigenvalue weighted by molar-refractivity contribution is -0.174. The molecule has 0 saturated heterocycles.